The Kier molecular flexibility index (Phi) is 6.13. The van der Waals surface area contributed by atoms with Gasteiger partial charge in [-0.2, -0.15) is 0 Å². The third-order valence-corrected chi connectivity index (χ3v) is 4.02. The van der Waals surface area contributed by atoms with Crippen LogP contribution in [-0.2, 0) is 4.79 Å². The van der Waals surface area contributed by atoms with Gasteiger partial charge in [0, 0.05) is 12.5 Å². The van der Waals surface area contributed by atoms with E-state index in [1.165, 1.54) is 19.3 Å². The van der Waals surface area contributed by atoms with E-state index in [4.69, 9.17) is 5.73 Å². The zero-order valence-electron chi connectivity index (χ0n) is 12.3. The smallest absolute Gasteiger partial charge is 0.220 e. The third kappa shape index (κ3) is 6.39. The summed E-state index contributed by atoms with van der Waals surface area (Å²) in [7, 11) is 0. The van der Waals surface area contributed by atoms with Gasteiger partial charge in [-0.25, -0.2) is 0 Å². The molecule has 0 aromatic heterocycles. The number of rotatable bonds is 9. The molecule has 1 aliphatic rings. The van der Waals surface area contributed by atoms with Crippen LogP contribution < -0.4 is 11.1 Å². The van der Waals surface area contributed by atoms with Crippen LogP contribution in [0.15, 0.2) is 0 Å². The van der Waals surface area contributed by atoms with E-state index in [0.29, 0.717) is 19.0 Å². The maximum Gasteiger partial charge on any atom is 0.220 e. The highest BCUT2D eigenvalue weighted by atomic mass is 16.1. The van der Waals surface area contributed by atoms with Crippen molar-refractivity contribution in [2.75, 3.05) is 6.54 Å². The molecule has 0 spiro atoms. The molecule has 0 heterocycles. The van der Waals surface area contributed by atoms with Crippen LogP contribution in [0.1, 0.15) is 65.7 Å². The van der Waals surface area contributed by atoms with E-state index in [1.807, 2.05) is 0 Å². The number of hydrogen-bond donors (Lipinski definition) is 2. The largest absolute Gasteiger partial charge is 0.353 e. The standard InChI is InChI=1S/C15H30N2O/c1-4-13(11-12-5-6-12)17-14(18)7-8-15(2,3)9-10-16/h12-13H,4-11,16H2,1-3H3,(H,17,18). The molecule has 1 aliphatic carbocycles. The molecule has 1 atom stereocenters. The SMILES string of the molecule is CCC(CC1CC1)NC(=O)CCC(C)(C)CCN. The summed E-state index contributed by atoms with van der Waals surface area (Å²) in [6.07, 6.45) is 7.48. The molecule has 0 aliphatic heterocycles. The molecule has 1 unspecified atom stereocenters. The fraction of sp³-hybridized carbons (Fsp3) is 0.933. The number of nitrogens with one attached hydrogen (secondary N) is 1. The quantitative estimate of drug-likeness (QED) is 0.665. The molecule has 0 aromatic rings. The van der Waals surface area contributed by atoms with Crippen LogP contribution in [0.2, 0.25) is 0 Å². The highest BCUT2D eigenvalue weighted by Crippen LogP contribution is 2.34. The number of hydrogen-bond acceptors (Lipinski definition) is 2. The lowest BCUT2D eigenvalue weighted by Gasteiger charge is -2.24. The summed E-state index contributed by atoms with van der Waals surface area (Å²) in [6, 6.07) is 0.391. The second-order valence-electron chi connectivity index (χ2n) is 6.55. The average Bonchev–Trinajstić information content (AvgIpc) is 3.09. The van der Waals surface area contributed by atoms with Crippen molar-refractivity contribution in [2.24, 2.45) is 17.1 Å². The van der Waals surface area contributed by atoms with Crippen molar-refractivity contribution >= 4 is 5.91 Å². The van der Waals surface area contributed by atoms with Gasteiger partial charge in [-0.3, -0.25) is 4.79 Å². The van der Waals surface area contributed by atoms with Crippen molar-refractivity contribution in [2.45, 2.75) is 71.8 Å². The predicted octanol–water partition coefficient (Wildman–Crippen LogP) is 2.84. The van der Waals surface area contributed by atoms with E-state index in [1.54, 1.807) is 0 Å². The van der Waals surface area contributed by atoms with Crippen molar-refractivity contribution in [1.82, 2.24) is 5.32 Å². The molecular formula is C15H30N2O. The normalized spacial score (nSPS) is 17.6. The molecule has 18 heavy (non-hydrogen) atoms. The highest BCUT2D eigenvalue weighted by molar-refractivity contribution is 5.76. The van der Waals surface area contributed by atoms with E-state index < -0.39 is 0 Å². The molecule has 1 fully saturated rings. The van der Waals surface area contributed by atoms with E-state index in [9.17, 15) is 4.79 Å². The Morgan fingerprint density at radius 3 is 2.56 bits per heavy atom. The first-order valence-electron chi connectivity index (χ1n) is 7.46. The summed E-state index contributed by atoms with van der Waals surface area (Å²) in [4.78, 5) is 11.9. The van der Waals surface area contributed by atoms with Gasteiger partial charge in [-0.15, -0.1) is 0 Å². The van der Waals surface area contributed by atoms with Crippen molar-refractivity contribution in [3.8, 4) is 0 Å². The van der Waals surface area contributed by atoms with Gasteiger partial charge in [0.25, 0.3) is 0 Å². The van der Waals surface area contributed by atoms with Crippen LogP contribution >= 0.6 is 0 Å². The lowest BCUT2D eigenvalue weighted by molar-refractivity contribution is -0.122. The van der Waals surface area contributed by atoms with Crippen LogP contribution in [0.25, 0.3) is 0 Å². The molecule has 3 nitrogen and oxygen atoms in total. The first kappa shape index (κ1) is 15.5. The van der Waals surface area contributed by atoms with E-state index >= 15 is 0 Å². The van der Waals surface area contributed by atoms with E-state index in [0.717, 1.165) is 25.2 Å². The van der Waals surface area contributed by atoms with Gasteiger partial charge in [-0.05, 0) is 43.6 Å². The van der Waals surface area contributed by atoms with E-state index in [-0.39, 0.29) is 11.3 Å². The van der Waals surface area contributed by atoms with Crippen molar-refractivity contribution in [1.29, 1.82) is 0 Å². The van der Waals surface area contributed by atoms with Crippen LogP contribution in [0.4, 0.5) is 0 Å². The zero-order chi connectivity index (χ0) is 13.6. The fourth-order valence-corrected chi connectivity index (χ4v) is 2.35. The summed E-state index contributed by atoms with van der Waals surface area (Å²) < 4.78 is 0. The Morgan fingerprint density at radius 2 is 2.06 bits per heavy atom. The number of carbonyl (C=O) groups excluding carboxylic acids is 1. The first-order chi connectivity index (χ1) is 8.46. The molecule has 0 saturated heterocycles. The lowest BCUT2D eigenvalue weighted by Crippen LogP contribution is -2.35. The monoisotopic (exact) mass is 254 g/mol. The predicted molar refractivity (Wildman–Crippen MR) is 76.2 cm³/mol. The van der Waals surface area contributed by atoms with Crippen molar-refractivity contribution < 1.29 is 4.79 Å². The van der Waals surface area contributed by atoms with Crippen molar-refractivity contribution in [3.05, 3.63) is 0 Å². The molecule has 1 saturated carbocycles. The molecule has 1 rings (SSSR count). The summed E-state index contributed by atoms with van der Waals surface area (Å²) in [5.41, 5.74) is 5.77. The second kappa shape index (κ2) is 7.13. The average molecular weight is 254 g/mol. The summed E-state index contributed by atoms with van der Waals surface area (Å²) in [5.74, 6) is 1.09. The Balaban J connectivity index is 2.22. The molecule has 0 aromatic carbocycles. The number of nitrogens with two attached hydrogens (primary N) is 1. The molecular weight excluding hydrogens is 224 g/mol. The van der Waals surface area contributed by atoms with Crippen LogP contribution in [0.3, 0.4) is 0 Å². The molecule has 0 radical (unpaired) electrons. The topological polar surface area (TPSA) is 55.1 Å². The maximum absolute atomic E-state index is 11.9. The fourth-order valence-electron chi connectivity index (χ4n) is 2.35. The lowest BCUT2D eigenvalue weighted by atomic mass is 9.84. The van der Waals surface area contributed by atoms with Gasteiger partial charge < -0.3 is 11.1 Å². The van der Waals surface area contributed by atoms with Crippen LogP contribution in [0, 0.1) is 11.3 Å². The molecule has 1 amide bonds. The zero-order valence-corrected chi connectivity index (χ0v) is 12.3. The minimum Gasteiger partial charge on any atom is -0.353 e. The Labute approximate surface area is 112 Å². The minimum absolute atomic E-state index is 0.185. The Hall–Kier alpha value is -0.570. The van der Waals surface area contributed by atoms with Gasteiger partial charge in [0.2, 0.25) is 5.91 Å². The van der Waals surface area contributed by atoms with Gasteiger partial charge in [0.15, 0.2) is 0 Å². The summed E-state index contributed by atoms with van der Waals surface area (Å²) >= 11 is 0. The summed E-state index contributed by atoms with van der Waals surface area (Å²) in [6.45, 7) is 7.24. The highest BCUT2D eigenvalue weighted by Gasteiger charge is 2.26. The van der Waals surface area contributed by atoms with Crippen molar-refractivity contribution in [3.63, 3.8) is 0 Å². The van der Waals surface area contributed by atoms with Gasteiger partial charge in [0.05, 0.1) is 0 Å². The number of amides is 1. The van der Waals surface area contributed by atoms with Gasteiger partial charge in [0.1, 0.15) is 0 Å². The Morgan fingerprint density at radius 1 is 1.39 bits per heavy atom. The Bertz CT molecular complexity index is 259. The van der Waals surface area contributed by atoms with Crippen LogP contribution in [0.5, 0.6) is 0 Å². The maximum atomic E-state index is 11.9. The van der Waals surface area contributed by atoms with Gasteiger partial charge >= 0.3 is 0 Å². The van der Waals surface area contributed by atoms with E-state index in [2.05, 4.69) is 26.1 Å². The number of carbonyl (C=O) groups is 1. The van der Waals surface area contributed by atoms with Crippen LogP contribution in [-0.4, -0.2) is 18.5 Å². The molecule has 3 heteroatoms. The molecule has 106 valence electrons. The summed E-state index contributed by atoms with van der Waals surface area (Å²) in [5, 5.41) is 3.18. The second-order valence-corrected chi connectivity index (χ2v) is 6.55. The molecule has 3 N–H and O–H groups in total. The molecule has 0 bridgehead atoms. The van der Waals surface area contributed by atoms with Gasteiger partial charge in [-0.1, -0.05) is 33.6 Å². The third-order valence-electron chi connectivity index (χ3n) is 4.02. The first-order valence-corrected chi connectivity index (χ1v) is 7.46. The minimum atomic E-state index is 0.185.